The van der Waals surface area contributed by atoms with Crippen LogP contribution in [0.25, 0.3) is 11.0 Å². The molecule has 0 radical (unpaired) electrons. The number of amides is 1. The summed E-state index contributed by atoms with van der Waals surface area (Å²) in [6, 6.07) is 12.0. The van der Waals surface area contributed by atoms with Crippen LogP contribution in [-0.2, 0) is 16.0 Å². The number of nitrogens with one attached hydrogen (secondary N) is 3. The van der Waals surface area contributed by atoms with Crippen molar-refractivity contribution in [3.63, 3.8) is 0 Å². The number of esters is 1. The van der Waals surface area contributed by atoms with Crippen molar-refractivity contribution in [2.24, 2.45) is 0 Å². The van der Waals surface area contributed by atoms with Crippen LogP contribution in [0.4, 0.5) is 5.69 Å². The number of aryl methyl sites for hydroxylation is 1. The van der Waals surface area contributed by atoms with E-state index in [1.807, 2.05) is 19.1 Å². The van der Waals surface area contributed by atoms with Gasteiger partial charge in [0, 0.05) is 5.69 Å². The summed E-state index contributed by atoms with van der Waals surface area (Å²) in [4.78, 5) is 40.9. The number of H-pyrrole nitrogens is 2. The molecule has 26 heavy (non-hydrogen) atoms. The molecule has 0 bridgehead atoms. The summed E-state index contributed by atoms with van der Waals surface area (Å²) in [6.07, 6.45) is -0.0837. The van der Waals surface area contributed by atoms with Crippen LogP contribution in [-0.4, -0.2) is 27.9 Å². The zero-order valence-electron chi connectivity index (χ0n) is 14.5. The maximum absolute atomic E-state index is 12.3. The Morgan fingerprint density at radius 2 is 1.77 bits per heavy atom. The minimum absolute atomic E-state index is 0.320. The van der Waals surface area contributed by atoms with Crippen molar-refractivity contribution < 1.29 is 14.3 Å². The Kier molecular flexibility index (Phi) is 4.88. The predicted octanol–water partition coefficient (Wildman–Crippen LogP) is 2.60. The smallest absolute Gasteiger partial charge is 0.338 e. The van der Waals surface area contributed by atoms with E-state index in [0.717, 1.165) is 12.0 Å². The number of aromatic amines is 2. The molecule has 3 rings (SSSR count). The van der Waals surface area contributed by atoms with Crippen LogP contribution in [0, 0.1) is 0 Å². The van der Waals surface area contributed by atoms with Gasteiger partial charge in [-0.15, -0.1) is 0 Å². The molecule has 3 aromatic rings. The van der Waals surface area contributed by atoms with Gasteiger partial charge in [-0.3, -0.25) is 4.79 Å². The molecule has 0 aliphatic carbocycles. The maximum atomic E-state index is 12.3. The third-order valence-electron chi connectivity index (χ3n) is 4.03. The molecule has 7 heteroatoms. The van der Waals surface area contributed by atoms with Crippen molar-refractivity contribution in [1.29, 1.82) is 0 Å². The molecule has 0 spiro atoms. The summed E-state index contributed by atoms with van der Waals surface area (Å²) in [5.74, 6) is -1.01. The lowest BCUT2D eigenvalue weighted by molar-refractivity contribution is -0.123. The van der Waals surface area contributed by atoms with Gasteiger partial charge in [0.15, 0.2) is 6.10 Å². The number of ether oxygens (including phenoxy) is 1. The normalized spacial score (nSPS) is 11.9. The Morgan fingerprint density at radius 3 is 2.46 bits per heavy atom. The molecule has 3 N–H and O–H groups in total. The number of anilines is 1. The Morgan fingerprint density at radius 1 is 1.08 bits per heavy atom. The molecule has 0 aliphatic heterocycles. The number of aromatic nitrogens is 2. The van der Waals surface area contributed by atoms with Crippen LogP contribution in [0.5, 0.6) is 0 Å². The highest BCUT2D eigenvalue weighted by atomic mass is 16.5. The van der Waals surface area contributed by atoms with Gasteiger partial charge in [0.25, 0.3) is 5.91 Å². The number of rotatable bonds is 5. The van der Waals surface area contributed by atoms with E-state index in [-0.39, 0.29) is 5.69 Å². The number of carbonyl (C=O) groups is 2. The molecule has 7 nitrogen and oxygen atoms in total. The van der Waals surface area contributed by atoms with Crippen LogP contribution in [0.3, 0.4) is 0 Å². The number of imidazole rings is 1. The molecule has 0 aliphatic rings. The molecule has 1 heterocycles. The largest absolute Gasteiger partial charge is 0.449 e. The Hall–Kier alpha value is -3.35. The summed E-state index contributed by atoms with van der Waals surface area (Å²) in [7, 11) is 0. The highest BCUT2D eigenvalue weighted by Gasteiger charge is 2.19. The SMILES string of the molecule is CCc1ccc(C(=O)O[C@@H](C)C(=O)Nc2ccc3[nH]c(=O)[nH]c3c2)cc1. The summed E-state index contributed by atoms with van der Waals surface area (Å²) in [5.41, 5.74) is 2.91. The minimum Gasteiger partial charge on any atom is -0.449 e. The van der Waals surface area contributed by atoms with Crippen molar-refractivity contribution in [3.05, 3.63) is 64.1 Å². The average Bonchev–Trinajstić information content (AvgIpc) is 3.00. The first kappa shape index (κ1) is 17.5. The zero-order chi connectivity index (χ0) is 18.7. The second-order valence-electron chi connectivity index (χ2n) is 5.93. The van der Waals surface area contributed by atoms with Crippen molar-refractivity contribution in [2.45, 2.75) is 26.4 Å². The minimum atomic E-state index is -0.964. The lowest BCUT2D eigenvalue weighted by Gasteiger charge is -2.13. The predicted molar refractivity (Wildman–Crippen MR) is 98.2 cm³/mol. The summed E-state index contributed by atoms with van der Waals surface area (Å²) in [6.45, 7) is 3.53. The molecule has 1 atom stereocenters. The van der Waals surface area contributed by atoms with E-state index in [9.17, 15) is 14.4 Å². The van der Waals surface area contributed by atoms with Crippen LogP contribution in [0.15, 0.2) is 47.3 Å². The van der Waals surface area contributed by atoms with E-state index in [2.05, 4.69) is 15.3 Å². The Bertz CT molecular complexity index is 1000. The van der Waals surface area contributed by atoms with Gasteiger partial charge in [-0.1, -0.05) is 19.1 Å². The maximum Gasteiger partial charge on any atom is 0.338 e. The van der Waals surface area contributed by atoms with Crippen molar-refractivity contribution >= 4 is 28.6 Å². The fourth-order valence-corrected chi connectivity index (χ4v) is 2.51. The van der Waals surface area contributed by atoms with E-state index < -0.39 is 18.0 Å². The van der Waals surface area contributed by atoms with E-state index >= 15 is 0 Å². The van der Waals surface area contributed by atoms with Crippen LogP contribution in [0.2, 0.25) is 0 Å². The molecule has 1 amide bonds. The Balaban J connectivity index is 1.64. The highest BCUT2D eigenvalue weighted by molar-refractivity contribution is 5.98. The van der Waals surface area contributed by atoms with E-state index in [0.29, 0.717) is 22.3 Å². The first-order valence-electron chi connectivity index (χ1n) is 8.29. The van der Waals surface area contributed by atoms with Crippen molar-refractivity contribution in [3.8, 4) is 0 Å². The molecular formula is C19H19N3O4. The summed E-state index contributed by atoms with van der Waals surface area (Å²) in [5, 5.41) is 2.67. The molecule has 1 aromatic heterocycles. The third-order valence-corrected chi connectivity index (χ3v) is 4.03. The molecule has 134 valence electrons. The monoisotopic (exact) mass is 353 g/mol. The van der Waals surface area contributed by atoms with Gasteiger partial charge in [0.2, 0.25) is 0 Å². The first-order chi connectivity index (χ1) is 12.5. The topological polar surface area (TPSA) is 104 Å². The van der Waals surface area contributed by atoms with Gasteiger partial charge < -0.3 is 20.0 Å². The number of hydrogen-bond acceptors (Lipinski definition) is 4. The standard InChI is InChI=1S/C19H19N3O4/c1-3-12-4-6-13(7-5-12)18(24)26-11(2)17(23)20-14-8-9-15-16(10-14)22-19(25)21-15/h4-11H,3H2,1-2H3,(H,20,23)(H2,21,22,25)/t11-/m0/s1. The van der Waals surface area contributed by atoms with E-state index in [1.54, 1.807) is 30.3 Å². The lowest BCUT2D eigenvalue weighted by Crippen LogP contribution is -2.30. The van der Waals surface area contributed by atoms with Gasteiger partial charge in [-0.2, -0.15) is 0 Å². The molecule has 2 aromatic carbocycles. The summed E-state index contributed by atoms with van der Waals surface area (Å²) >= 11 is 0. The second kappa shape index (κ2) is 7.26. The van der Waals surface area contributed by atoms with Gasteiger partial charge in [-0.05, 0) is 49.2 Å². The quantitative estimate of drug-likeness (QED) is 0.613. The molecular weight excluding hydrogens is 334 g/mol. The van der Waals surface area contributed by atoms with Crippen molar-refractivity contribution in [2.75, 3.05) is 5.32 Å². The van der Waals surface area contributed by atoms with Crippen molar-refractivity contribution in [1.82, 2.24) is 9.97 Å². The number of benzene rings is 2. The number of hydrogen-bond donors (Lipinski definition) is 3. The van der Waals surface area contributed by atoms with E-state index in [1.165, 1.54) is 6.92 Å². The second-order valence-corrected chi connectivity index (χ2v) is 5.93. The molecule has 0 fully saturated rings. The zero-order valence-corrected chi connectivity index (χ0v) is 14.5. The van der Waals surface area contributed by atoms with E-state index in [4.69, 9.17) is 4.74 Å². The lowest BCUT2D eigenvalue weighted by atomic mass is 10.1. The number of carbonyl (C=O) groups excluding carboxylic acids is 2. The van der Waals surface area contributed by atoms with Crippen LogP contribution in [0.1, 0.15) is 29.8 Å². The molecule has 0 saturated heterocycles. The first-order valence-corrected chi connectivity index (χ1v) is 8.29. The van der Waals surface area contributed by atoms with Crippen LogP contribution < -0.4 is 11.0 Å². The van der Waals surface area contributed by atoms with Gasteiger partial charge in [0.05, 0.1) is 16.6 Å². The highest BCUT2D eigenvalue weighted by Crippen LogP contribution is 2.15. The average molecular weight is 353 g/mol. The molecule has 0 unspecified atom stereocenters. The fraction of sp³-hybridized carbons (Fsp3) is 0.211. The third kappa shape index (κ3) is 3.83. The summed E-state index contributed by atoms with van der Waals surface area (Å²) < 4.78 is 5.22. The van der Waals surface area contributed by atoms with Gasteiger partial charge >= 0.3 is 11.7 Å². The van der Waals surface area contributed by atoms with Gasteiger partial charge in [0.1, 0.15) is 0 Å². The van der Waals surface area contributed by atoms with Gasteiger partial charge in [-0.25, -0.2) is 9.59 Å². The van der Waals surface area contributed by atoms with Crippen LogP contribution >= 0.6 is 0 Å². The Labute approximate surface area is 149 Å². The number of fused-ring (bicyclic) bond motifs is 1. The fourth-order valence-electron chi connectivity index (χ4n) is 2.51. The molecule has 0 saturated carbocycles.